The van der Waals surface area contributed by atoms with Gasteiger partial charge in [-0.25, -0.2) is 0 Å². The summed E-state index contributed by atoms with van der Waals surface area (Å²) in [5.41, 5.74) is 2.29. The minimum Gasteiger partial charge on any atom is -0.457 e. The third kappa shape index (κ3) is 2.18. The number of fused-ring (bicyclic) bond motifs is 1. The third-order valence-corrected chi connectivity index (χ3v) is 2.27. The highest BCUT2D eigenvalue weighted by Crippen LogP contribution is 2.24. The van der Waals surface area contributed by atoms with Crippen LogP contribution in [0, 0.1) is 0 Å². The van der Waals surface area contributed by atoms with E-state index in [4.69, 9.17) is 4.74 Å². The maximum Gasteiger partial charge on any atom is 0.134 e. The van der Waals surface area contributed by atoms with Crippen LogP contribution in [0.25, 0.3) is 6.08 Å². The monoisotopic (exact) mass is 198 g/mol. The molecule has 0 atom stereocenters. The van der Waals surface area contributed by atoms with Gasteiger partial charge in [-0.1, -0.05) is 36.4 Å². The van der Waals surface area contributed by atoms with Gasteiger partial charge in [-0.15, -0.1) is 0 Å². The minimum atomic E-state index is 0.911. The standard InChI is InChI=1S/C14H14O/c1-11(2)13-9-5-3-7-12-8-4-6-10-14(12)15-13/h3-10H,1-2H3/b7-3-,9-5-. The Morgan fingerprint density at radius 3 is 2.53 bits per heavy atom. The first-order chi connectivity index (χ1) is 7.27. The third-order valence-electron chi connectivity index (χ3n) is 2.27. The molecule has 0 amide bonds. The number of hydrogen-bond donors (Lipinski definition) is 0. The minimum absolute atomic E-state index is 0.911. The van der Waals surface area contributed by atoms with Crippen molar-refractivity contribution in [3.05, 3.63) is 59.4 Å². The fourth-order valence-corrected chi connectivity index (χ4v) is 1.43. The molecule has 1 aromatic carbocycles. The highest BCUT2D eigenvalue weighted by molar-refractivity contribution is 5.60. The molecule has 1 nitrogen and oxygen atoms in total. The van der Waals surface area contributed by atoms with Crippen LogP contribution in [0.5, 0.6) is 5.75 Å². The second-order valence-corrected chi connectivity index (χ2v) is 3.72. The summed E-state index contributed by atoms with van der Waals surface area (Å²) in [7, 11) is 0. The van der Waals surface area contributed by atoms with Crippen molar-refractivity contribution in [3.63, 3.8) is 0 Å². The predicted molar refractivity (Wildman–Crippen MR) is 63.6 cm³/mol. The van der Waals surface area contributed by atoms with E-state index in [1.165, 1.54) is 5.57 Å². The zero-order chi connectivity index (χ0) is 10.7. The molecule has 0 N–H and O–H groups in total. The maximum atomic E-state index is 5.84. The van der Waals surface area contributed by atoms with Gasteiger partial charge in [0.15, 0.2) is 0 Å². The number of allylic oxidation sites excluding steroid dienone is 4. The predicted octanol–water partition coefficient (Wildman–Crippen LogP) is 3.94. The number of benzene rings is 1. The van der Waals surface area contributed by atoms with E-state index in [1.54, 1.807) is 0 Å². The molecule has 2 rings (SSSR count). The Labute approximate surface area is 90.4 Å². The highest BCUT2D eigenvalue weighted by Gasteiger charge is 2.04. The van der Waals surface area contributed by atoms with Gasteiger partial charge in [0, 0.05) is 5.56 Å². The van der Waals surface area contributed by atoms with Crippen LogP contribution in [0.1, 0.15) is 19.4 Å². The fraction of sp³-hybridized carbons (Fsp3) is 0.143. The van der Waals surface area contributed by atoms with Gasteiger partial charge in [0.2, 0.25) is 0 Å². The molecule has 15 heavy (non-hydrogen) atoms. The Kier molecular flexibility index (Phi) is 2.72. The fourth-order valence-electron chi connectivity index (χ4n) is 1.43. The lowest BCUT2D eigenvalue weighted by Gasteiger charge is -2.12. The molecule has 0 spiro atoms. The molecule has 1 heterocycles. The van der Waals surface area contributed by atoms with Crippen LogP contribution in [0.4, 0.5) is 0 Å². The Hall–Kier alpha value is -1.76. The normalized spacial score (nSPS) is 18.1. The molecule has 0 fully saturated rings. The summed E-state index contributed by atoms with van der Waals surface area (Å²) in [6, 6.07) is 8.04. The van der Waals surface area contributed by atoms with Gasteiger partial charge < -0.3 is 4.74 Å². The molecule has 0 bridgehead atoms. The van der Waals surface area contributed by atoms with Crippen LogP contribution in [0.3, 0.4) is 0 Å². The number of ether oxygens (including phenoxy) is 1. The van der Waals surface area contributed by atoms with Crippen LogP contribution < -0.4 is 4.74 Å². The molecule has 0 aliphatic carbocycles. The molecule has 1 aliphatic rings. The quantitative estimate of drug-likeness (QED) is 0.613. The summed E-state index contributed by atoms with van der Waals surface area (Å²) in [6.45, 7) is 4.10. The second kappa shape index (κ2) is 4.18. The van der Waals surface area contributed by atoms with E-state index in [0.29, 0.717) is 0 Å². The lowest BCUT2D eigenvalue weighted by atomic mass is 10.1. The summed E-state index contributed by atoms with van der Waals surface area (Å²) in [4.78, 5) is 0. The van der Waals surface area contributed by atoms with Crippen molar-refractivity contribution in [3.8, 4) is 5.75 Å². The van der Waals surface area contributed by atoms with Gasteiger partial charge in [0.1, 0.15) is 11.5 Å². The maximum absolute atomic E-state index is 5.84. The largest absolute Gasteiger partial charge is 0.457 e. The first-order valence-electron chi connectivity index (χ1n) is 5.06. The summed E-state index contributed by atoms with van der Waals surface area (Å²) in [5, 5.41) is 0. The zero-order valence-electron chi connectivity index (χ0n) is 9.03. The smallest absolute Gasteiger partial charge is 0.134 e. The van der Waals surface area contributed by atoms with Gasteiger partial charge in [-0.2, -0.15) is 0 Å². The Balaban J connectivity index is 2.49. The van der Waals surface area contributed by atoms with Gasteiger partial charge >= 0.3 is 0 Å². The van der Waals surface area contributed by atoms with E-state index in [1.807, 2.05) is 62.4 Å². The van der Waals surface area contributed by atoms with Gasteiger partial charge in [0.05, 0.1) is 0 Å². The topological polar surface area (TPSA) is 9.23 Å². The van der Waals surface area contributed by atoms with Crippen molar-refractivity contribution in [1.29, 1.82) is 0 Å². The summed E-state index contributed by atoms with van der Waals surface area (Å²) >= 11 is 0. The van der Waals surface area contributed by atoms with Crippen LogP contribution >= 0.6 is 0 Å². The lowest BCUT2D eigenvalue weighted by molar-refractivity contribution is 0.437. The Morgan fingerprint density at radius 1 is 1.00 bits per heavy atom. The van der Waals surface area contributed by atoms with Gasteiger partial charge in [0.25, 0.3) is 0 Å². The van der Waals surface area contributed by atoms with Crippen LogP contribution in [0.15, 0.2) is 53.8 Å². The average molecular weight is 198 g/mol. The van der Waals surface area contributed by atoms with Crippen molar-refractivity contribution >= 4 is 6.08 Å². The number of hydrogen-bond acceptors (Lipinski definition) is 1. The molecule has 0 unspecified atom stereocenters. The van der Waals surface area contributed by atoms with Crippen molar-refractivity contribution in [2.24, 2.45) is 0 Å². The lowest BCUT2D eigenvalue weighted by Crippen LogP contribution is -1.97. The van der Waals surface area contributed by atoms with E-state index < -0.39 is 0 Å². The second-order valence-electron chi connectivity index (χ2n) is 3.72. The highest BCUT2D eigenvalue weighted by atomic mass is 16.5. The SMILES string of the molecule is CC(C)=C1/C=C\C=C/c2ccccc2O1. The van der Waals surface area contributed by atoms with E-state index in [9.17, 15) is 0 Å². The first-order valence-corrected chi connectivity index (χ1v) is 5.06. The molecule has 0 saturated heterocycles. The molecule has 76 valence electrons. The summed E-state index contributed by atoms with van der Waals surface area (Å²) in [6.07, 6.45) is 8.07. The van der Waals surface area contributed by atoms with E-state index in [-0.39, 0.29) is 0 Å². The van der Waals surface area contributed by atoms with E-state index >= 15 is 0 Å². The molecule has 1 heteroatoms. The van der Waals surface area contributed by atoms with Crippen molar-refractivity contribution in [2.45, 2.75) is 13.8 Å². The van der Waals surface area contributed by atoms with E-state index in [2.05, 4.69) is 0 Å². The van der Waals surface area contributed by atoms with Crippen molar-refractivity contribution in [2.75, 3.05) is 0 Å². The zero-order valence-corrected chi connectivity index (χ0v) is 9.03. The molecule has 0 saturated carbocycles. The number of para-hydroxylation sites is 1. The van der Waals surface area contributed by atoms with Crippen LogP contribution in [-0.2, 0) is 0 Å². The summed E-state index contributed by atoms with van der Waals surface area (Å²) < 4.78 is 5.84. The van der Waals surface area contributed by atoms with Crippen LogP contribution in [-0.4, -0.2) is 0 Å². The van der Waals surface area contributed by atoms with E-state index in [0.717, 1.165) is 17.1 Å². The molecule has 0 aromatic heterocycles. The molecular formula is C14H14O. The summed E-state index contributed by atoms with van der Waals surface area (Å²) in [5.74, 6) is 1.83. The number of rotatable bonds is 0. The average Bonchev–Trinajstić information content (AvgIpc) is 2.18. The molecular weight excluding hydrogens is 184 g/mol. The van der Waals surface area contributed by atoms with Crippen LogP contribution in [0.2, 0.25) is 0 Å². The Bertz CT molecular complexity index is 446. The first kappa shape index (κ1) is 9.78. The van der Waals surface area contributed by atoms with Gasteiger partial charge in [-0.05, 0) is 31.6 Å². The van der Waals surface area contributed by atoms with Gasteiger partial charge in [-0.3, -0.25) is 0 Å². The molecule has 1 aromatic rings. The van der Waals surface area contributed by atoms with Crippen molar-refractivity contribution < 1.29 is 4.74 Å². The van der Waals surface area contributed by atoms with Crippen molar-refractivity contribution in [1.82, 2.24) is 0 Å². The molecule has 1 aliphatic heterocycles. The molecule has 0 radical (unpaired) electrons. The Morgan fingerprint density at radius 2 is 1.73 bits per heavy atom.